The van der Waals surface area contributed by atoms with Gasteiger partial charge in [0.2, 0.25) is 10.0 Å². The van der Waals surface area contributed by atoms with Gasteiger partial charge >= 0.3 is 0 Å². The number of ether oxygens (including phenoxy) is 1. The quantitative estimate of drug-likeness (QED) is 0.419. The molecule has 0 atom stereocenters. The van der Waals surface area contributed by atoms with Gasteiger partial charge in [-0.3, -0.25) is 4.79 Å². The Kier molecular flexibility index (Phi) is 8.85. The molecule has 0 heterocycles. The fraction of sp³-hybridized carbons (Fsp3) is 0.462. The molecule has 0 aliphatic heterocycles. The largest absolute Gasteiger partial charge is 0.494 e. The fourth-order valence-electron chi connectivity index (χ4n) is 4.64. The van der Waals surface area contributed by atoms with E-state index in [1.54, 1.807) is 0 Å². The molecular weight excluding hydrogens is 450 g/mol. The van der Waals surface area contributed by atoms with Crippen LogP contribution in [0.3, 0.4) is 0 Å². The van der Waals surface area contributed by atoms with Crippen LogP contribution in [0, 0.1) is 20.8 Å². The lowest BCUT2D eigenvalue weighted by atomic mass is 9.95. The third-order valence-corrected chi connectivity index (χ3v) is 8.25. The van der Waals surface area contributed by atoms with E-state index in [2.05, 4.69) is 10.5 Å². The summed E-state index contributed by atoms with van der Waals surface area (Å²) in [6, 6.07) is 10.9. The predicted molar refractivity (Wildman–Crippen MR) is 135 cm³/mol. The van der Waals surface area contributed by atoms with E-state index in [9.17, 15) is 13.2 Å². The van der Waals surface area contributed by atoms with Gasteiger partial charge in [0.05, 0.1) is 24.3 Å². The summed E-state index contributed by atoms with van der Waals surface area (Å²) in [5, 5.41) is 4.03. The molecule has 2 aromatic rings. The molecule has 1 saturated carbocycles. The van der Waals surface area contributed by atoms with Gasteiger partial charge in [0.25, 0.3) is 5.91 Å². The smallest absolute Gasteiger partial charge is 0.255 e. The molecule has 0 bridgehead atoms. The third-order valence-electron chi connectivity index (χ3n) is 6.05. The maximum absolute atomic E-state index is 13.8. The molecule has 8 heteroatoms. The van der Waals surface area contributed by atoms with E-state index < -0.39 is 15.9 Å². The van der Waals surface area contributed by atoms with Crippen LogP contribution in [0.5, 0.6) is 5.75 Å². The number of benzene rings is 2. The zero-order chi connectivity index (χ0) is 24.7. The number of carbonyl (C=O) groups is 1. The summed E-state index contributed by atoms with van der Waals surface area (Å²) in [4.78, 5) is 13.1. The first-order valence-corrected chi connectivity index (χ1v) is 13.3. The second-order valence-electron chi connectivity index (χ2n) is 8.87. The Bertz CT molecular complexity index is 1100. The Labute approximate surface area is 203 Å². The van der Waals surface area contributed by atoms with Crippen molar-refractivity contribution in [1.29, 1.82) is 0 Å². The summed E-state index contributed by atoms with van der Waals surface area (Å²) in [5.74, 6) is 0.303. The van der Waals surface area contributed by atoms with Gasteiger partial charge in [-0.05, 0) is 81.5 Å². The summed E-state index contributed by atoms with van der Waals surface area (Å²) in [5.41, 5.74) is 5.71. The van der Waals surface area contributed by atoms with Crippen LogP contribution in [0.2, 0.25) is 0 Å². The van der Waals surface area contributed by atoms with Crippen LogP contribution in [-0.2, 0) is 14.8 Å². The molecule has 7 nitrogen and oxygen atoms in total. The fourth-order valence-corrected chi connectivity index (χ4v) is 6.70. The number of carbonyl (C=O) groups excluding carboxylic acids is 1. The van der Waals surface area contributed by atoms with E-state index in [1.165, 1.54) is 10.5 Å². The SMILES string of the molecule is CCOc1ccc(/C=N/NC(=O)CN(C2CCCCC2)S(=O)(=O)c2c(C)cc(C)cc2C)cc1. The van der Waals surface area contributed by atoms with Crippen LogP contribution in [0.25, 0.3) is 0 Å². The molecule has 0 saturated heterocycles. The molecule has 1 aliphatic rings. The number of nitrogens with one attached hydrogen (secondary N) is 1. The summed E-state index contributed by atoms with van der Waals surface area (Å²) in [7, 11) is -3.85. The van der Waals surface area contributed by atoms with Crippen LogP contribution in [0.4, 0.5) is 0 Å². The lowest BCUT2D eigenvalue weighted by molar-refractivity contribution is -0.121. The van der Waals surface area contributed by atoms with Gasteiger partial charge in [0.1, 0.15) is 5.75 Å². The first-order valence-electron chi connectivity index (χ1n) is 11.9. The third kappa shape index (κ3) is 6.45. The first-order chi connectivity index (χ1) is 16.2. The average Bonchev–Trinajstić information content (AvgIpc) is 2.78. The number of rotatable bonds is 9. The van der Waals surface area contributed by atoms with Crippen molar-refractivity contribution in [2.45, 2.75) is 70.7 Å². The Morgan fingerprint density at radius 1 is 1.09 bits per heavy atom. The van der Waals surface area contributed by atoms with Gasteiger partial charge in [-0.2, -0.15) is 9.41 Å². The lowest BCUT2D eigenvalue weighted by Crippen LogP contribution is -2.46. The molecule has 0 unspecified atom stereocenters. The maximum atomic E-state index is 13.8. The molecule has 1 amide bonds. The van der Waals surface area contributed by atoms with Crippen molar-refractivity contribution >= 4 is 22.1 Å². The summed E-state index contributed by atoms with van der Waals surface area (Å²) < 4.78 is 34.4. The number of hydrogen-bond acceptors (Lipinski definition) is 5. The zero-order valence-corrected chi connectivity index (χ0v) is 21.3. The Hall–Kier alpha value is -2.71. The van der Waals surface area contributed by atoms with E-state index in [1.807, 2.05) is 64.1 Å². The van der Waals surface area contributed by atoms with Gasteiger partial charge in [-0.25, -0.2) is 13.8 Å². The number of amides is 1. The average molecular weight is 486 g/mol. The van der Waals surface area contributed by atoms with Gasteiger partial charge in [-0.1, -0.05) is 37.0 Å². The standard InChI is InChI=1S/C26H35N3O4S/c1-5-33-24-13-11-22(12-14-24)17-27-28-25(30)18-29(23-9-7-6-8-10-23)34(31,32)26-20(3)15-19(2)16-21(26)4/h11-17,23H,5-10,18H2,1-4H3,(H,28,30)/b27-17+. The van der Waals surface area contributed by atoms with Crippen LogP contribution in [0.1, 0.15) is 61.3 Å². The zero-order valence-electron chi connectivity index (χ0n) is 20.5. The van der Waals surface area contributed by atoms with E-state index in [0.29, 0.717) is 22.6 Å². The Balaban J connectivity index is 1.78. The first kappa shape index (κ1) is 25.9. The van der Waals surface area contributed by atoms with Crippen molar-refractivity contribution in [2.75, 3.05) is 13.2 Å². The summed E-state index contributed by atoms with van der Waals surface area (Å²) in [6.45, 7) is 7.82. The highest BCUT2D eigenvalue weighted by molar-refractivity contribution is 7.89. The minimum Gasteiger partial charge on any atom is -0.494 e. The molecule has 184 valence electrons. The molecule has 2 aromatic carbocycles. The molecule has 0 radical (unpaired) electrons. The van der Waals surface area contributed by atoms with Gasteiger partial charge < -0.3 is 4.74 Å². The summed E-state index contributed by atoms with van der Waals surface area (Å²) in [6.07, 6.45) is 6.05. The minimum absolute atomic E-state index is 0.195. The maximum Gasteiger partial charge on any atom is 0.255 e. The second-order valence-corrected chi connectivity index (χ2v) is 10.7. The number of aryl methyl sites for hydroxylation is 3. The summed E-state index contributed by atoms with van der Waals surface area (Å²) >= 11 is 0. The molecular formula is C26H35N3O4S. The lowest BCUT2D eigenvalue weighted by Gasteiger charge is -2.33. The number of hydrazone groups is 1. The molecule has 1 fully saturated rings. The minimum atomic E-state index is -3.85. The molecule has 0 spiro atoms. The number of sulfonamides is 1. The van der Waals surface area contributed by atoms with E-state index in [-0.39, 0.29) is 12.6 Å². The van der Waals surface area contributed by atoms with Crippen LogP contribution in [-0.4, -0.2) is 44.0 Å². The highest BCUT2D eigenvalue weighted by Crippen LogP contribution is 2.31. The number of nitrogens with zero attached hydrogens (tertiary/aromatic N) is 2. The second kappa shape index (κ2) is 11.6. The van der Waals surface area contributed by atoms with Crippen LogP contribution < -0.4 is 10.2 Å². The van der Waals surface area contributed by atoms with E-state index in [0.717, 1.165) is 49.0 Å². The van der Waals surface area contributed by atoms with Gasteiger partial charge in [0, 0.05) is 6.04 Å². The van der Waals surface area contributed by atoms with Gasteiger partial charge in [0.15, 0.2) is 0 Å². The van der Waals surface area contributed by atoms with Gasteiger partial charge in [-0.15, -0.1) is 0 Å². The number of hydrogen-bond donors (Lipinski definition) is 1. The highest BCUT2D eigenvalue weighted by atomic mass is 32.2. The Morgan fingerprint density at radius 2 is 1.71 bits per heavy atom. The van der Waals surface area contributed by atoms with Crippen molar-refractivity contribution in [3.05, 3.63) is 58.7 Å². The van der Waals surface area contributed by atoms with Crippen molar-refractivity contribution in [3.8, 4) is 5.75 Å². The van der Waals surface area contributed by atoms with Crippen molar-refractivity contribution in [1.82, 2.24) is 9.73 Å². The monoisotopic (exact) mass is 485 g/mol. The molecule has 1 aliphatic carbocycles. The topological polar surface area (TPSA) is 88.1 Å². The van der Waals surface area contributed by atoms with Crippen LogP contribution >= 0.6 is 0 Å². The van der Waals surface area contributed by atoms with E-state index >= 15 is 0 Å². The molecule has 1 N–H and O–H groups in total. The highest BCUT2D eigenvalue weighted by Gasteiger charge is 2.35. The predicted octanol–water partition coefficient (Wildman–Crippen LogP) is 4.48. The molecule has 34 heavy (non-hydrogen) atoms. The van der Waals surface area contributed by atoms with Crippen molar-refractivity contribution in [2.24, 2.45) is 5.10 Å². The van der Waals surface area contributed by atoms with Crippen molar-refractivity contribution < 1.29 is 17.9 Å². The normalized spacial score (nSPS) is 15.1. The van der Waals surface area contributed by atoms with E-state index in [4.69, 9.17) is 4.74 Å². The Morgan fingerprint density at radius 3 is 2.29 bits per heavy atom. The van der Waals surface area contributed by atoms with Crippen LogP contribution in [0.15, 0.2) is 46.4 Å². The molecule has 3 rings (SSSR count). The van der Waals surface area contributed by atoms with Crippen molar-refractivity contribution in [3.63, 3.8) is 0 Å². The molecule has 0 aromatic heterocycles.